The zero-order chi connectivity index (χ0) is 21.6. The van der Waals surface area contributed by atoms with Crippen LogP contribution in [0.2, 0.25) is 0 Å². The summed E-state index contributed by atoms with van der Waals surface area (Å²) in [6.45, 7) is 4.00. The maximum atomic E-state index is 13.4. The first-order valence-electron chi connectivity index (χ1n) is 9.14. The van der Waals surface area contributed by atoms with Gasteiger partial charge in [0.1, 0.15) is 11.9 Å². The van der Waals surface area contributed by atoms with Crippen LogP contribution in [0.25, 0.3) is 0 Å². The lowest BCUT2D eigenvalue weighted by molar-refractivity contribution is -0.156. The van der Waals surface area contributed by atoms with E-state index in [9.17, 15) is 18.0 Å². The summed E-state index contributed by atoms with van der Waals surface area (Å²) in [6, 6.07) is -0.975. The number of H-pyrrole nitrogens is 1. The molecule has 2 unspecified atom stereocenters. The fourth-order valence-corrected chi connectivity index (χ4v) is 2.87. The summed E-state index contributed by atoms with van der Waals surface area (Å²) in [5, 5.41) is 2.17. The Bertz CT molecular complexity index is 917. The summed E-state index contributed by atoms with van der Waals surface area (Å²) in [6.07, 6.45) is 4.99. The number of hydrogen-bond donors (Lipinski definition) is 1. The van der Waals surface area contributed by atoms with Gasteiger partial charge >= 0.3 is 6.18 Å². The molecular formula is C20H24F3N3O3. The van der Waals surface area contributed by atoms with Crippen molar-refractivity contribution in [3.05, 3.63) is 64.2 Å². The lowest BCUT2D eigenvalue weighted by atomic mass is 10.0. The number of rotatable bonds is 3. The lowest BCUT2D eigenvalue weighted by Gasteiger charge is -2.17. The van der Waals surface area contributed by atoms with Gasteiger partial charge in [0.05, 0.1) is 12.8 Å². The minimum atomic E-state index is -4.58. The Labute approximate surface area is 166 Å². The van der Waals surface area contributed by atoms with Crippen molar-refractivity contribution < 1.29 is 22.6 Å². The van der Waals surface area contributed by atoms with Crippen molar-refractivity contribution in [1.29, 1.82) is 0 Å². The molecule has 0 amide bonds. The SMILES string of the molecule is CC.CO/C1=C/C(C2=Nc3cc(=O)[nH]n3C(C(F)(F)F)C=C2)=C\CC=CC1OC. The first kappa shape index (κ1) is 22.5. The maximum absolute atomic E-state index is 13.4. The Hall–Kier alpha value is -2.81. The van der Waals surface area contributed by atoms with Crippen molar-refractivity contribution >= 4 is 11.5 Å². The molecule has 1 N–H and O–H groups in total. The first-order valence-corrected chi connectivity index (χ1v) is 9.14. The van der Waals surface area contributed by atoms with E-state index in [0.717, 1.165) is 12.1 Å². The fourth-order valence-electron chi connectivity index (χ4n) is 2.87. The second-order valence-corrected chi connectivity index (χ2v) is 5.92. The Kier molecular flexibility index (Phi) is 7.44. The monoisotopic (exact) mass is 411 g/mol. The highest BCUT2D eigenvalue weighted by Gasteiger charge is 2.41. The molecule has 9 heteroatoms. The van der Waals surface area contributed by atoms with Gasteiger partial charge in [-0.05, 0) is 30.2 Å². The number of methoxy groups -OCH3 is 2. The van der Waals surface area contributed by atoms with Crippen molar-refractivity contribution in [1.82, 2.24) is 9.78 Å². The van der Waals surface area contributed by atoms with Crippen LogP contribution in [0.4, 0.5) is 19.0 Å². The van der Waals surface area contributed by atoms with E-state index in [1.54, 1.807) is 6.08 Å². The van der Waals surface area contributed by atoms with E-state index >= 15 is 0 Å². The molecule has 1 aliphatic heterocycles. The molecule has 3 rings (SSSR count). The largest absolute Gasteiger partial charge is 0.498 e. The molecule has 0 saturated carbocycles. The molecule has 6 nitrogen and oxygen atoms in total. The Balaban J connectivity index is 0.00000145. The third-order valence-electron chi connectivity index (χ3n) is 4.17. The summed E-state index contributed by atoms with van der Waals surface area (Å²) < 4.78 is 51.6. The molecular weight excluding hydrogens is 387 g/mol. The van der Waals surface area contributed by atoms with Crippen molar-refractivity contribution in [2.75, 3.05) is 14.2 Å². The number of aromatic nitrogens is 2. The van der Waals surface area contributed by atoms with Crippen molar-refractivity contribution in [3.63, 3.8) is 0 Å². The summed E-state index contributed by atoms with van der Waals surface area (Å²) in [7, 11) is 3.02. The molecule has 2 heterocycles. The minimum absolute atomic E-state index is 0.100. The van der Waals surface area contributed by atoms with Crippen LogP contribution in [-0.4, -0.2) is 42.0 Å². The molecule has 158 valence electrons. The van der Waals surface area contributed by atoms with Gasteiger partial charge in [-0.1, -0.05) is 32.1 Å². The van der Waals surface area contributed by atoms with Gasteiger partial charge < -0.3 is 9.47 Å². The number of nitrogens with zero attached hydrogens (tertiary/aromatic N) is 2. The van der Waals surface area contributed by atoms with E-state index in [1.165, 1.54) is 20.3 Å². The smallest absolute Gasteiger partial charge is 0.414 e. The highest BCUT2D eigenvalue weighted by Crippen LogP contribution is 2.35. The van der Waals surface area contributed by atoms with Gasteiger partial charge in [-0.15, -0.1) is 0 Å². The third kappa shape index (κ3) is 5.17. The number of alkyl halides is 3. The van der Waals surface area contributed by atoms with E-state index in [1.807, 2.05) is 32.1 Å². The van der Waals surface area contributed by atoms with Crippen LogP contribution >= 0.6 is 0 Å². The van der Waals surface area contributed by atoms with E-state index < -0.39 is 23.9 Å². The van der Waals surface area contributed by atoms with Crippen LogP contribution in [0.1, 0.15) is 26.3 Å². The number of fused-ring (bicyclic) bond motifs is 1. The Morgan fingerprint density at radius 2 is 1.97 bits per heavy atom. The van der Waals surface area contributed by atoms with Gasteiger partial charge in [0.25, 0.3) is 5.56 Å². The van der Waals surface area contributed by atoms with Gasteiger partial charge in [0, 0.05) is 13.2 Å². The second kappa shape index (κ2) is 9.60. The van der Waals surface area contributed by atoms with Gasteiger partial charge in [-0.25, -0.2) is 4.99 Å². The molecule has 0 spiro atoms. The summed E-state index contributed by atoms with van der Waals surface area (Å²) in [5.74, 6) is 0.385. The van der Waals surface area contributed by atoms with Gasteiger partial charge in [0.15, 0.2) is 11.9 Å². The van der Waals surface area contributed by atoms with Crippen LogP contribution in [0.15, 0.2) is 63.6 Å². The predicted octanol–water partition coefficient (Wildman–Crippen LogP) is 4.38. The third-order valence-corrected chi connectivity index (χ3v) is 4.17. The van der Waals surface area contributed by atoms with Crippen LogP contribution in [0.5, 0.6) is 0 Å². The molecule has 0 aromatic carbocycles. The fraction of sp³-hybridized carbons (Fsp3) is 0.400. The summed E-state index contributed by atoms with van der Waals surface area (Å²) in [5.41, 5.74) is 0.200. The normalized spacial score (nSPS) is 25.0. The van der Waals surface area contributed by atoms with Crippen molar-refractivity contribution in [2.24, 2.45) is 4.99 Å². The molecule has 1 aromatic rings. The molecule has 29 heavy (non-hydrogen) atoms. The zero-order valence-corrected chi connectivity index (χ0v) is 16.7. The van der Waals surface area contributed by atoms with Crippen LogP contribution in [-0.2, 0) is 9.47 Å². The van der Waals surface area contributed by atoms with Crippen molar-refractivity contribution in [2.45, 2.75) is 38.6 Å². The van der Waals surface area contributed by atoms with Gasteiger partial charge in [0.2, 0.25) is 0 Å². The lowest BCUT2D eigenvalue weighted by Crippen LogP contribution is -2.26. The number of halogens is 3. The van der Waals surface area contributed by atoms with Crippen molar-refractivity contribution in [3.8, 4) is 0 Å². The topological polar surface area (TPSA) is 68.6 Å². The quantitative estimate of drug-likeness (QED) is 0.751. The molecule has 0 saturated heterocycles. The highest BCUT2D eigenvalue weighted by molar-refractivity contribution is 6.11. The van der Waals surface area contributed by atoms with E-state index in [4.69, 9.17) is 9.47 Å². The highest BCUT2D eigenvalue weighted by atomic mass is 19.4. The molecule has 1 aliphatic carbocycles. The standard InChI is InChI=1S/C18H18F3N3O3.C2H6/c1-26-13-6-4-3-5-11(9-14(13)27-2)12-7-8-15(18(19,20)21)24-16(22-12)10-17(25)23-24;1-2/h4-10,13,15H,3H2,1-2H3,(H,23,25);1-2H3/b6-4?,11-5+,14-9+;. The van der Waals surface area contributed by atoms with Crippen LogP contribution in [0, 0.1) is 0 Å². The van der Waals surface area contributed by atoms with E-state index in [-0.39, 0.29) is 11.5 Å². The van der Waals surface area contributed by atoms with E-state index in [2.05, 4.69) is 10.1 Å². The van der Waals surface area contributed by atoms with Crippen LogP contribution < -0.4 is 5.56 Å². The number of aromatic amines is 1. The Morgan fingerprint density at radius 1 is 1.24 bits per heavy atom. The number of ether oxygens (including phenoxy) is 2. The second-order valence-electron chi connectivity index (χ2n) is 5.92. The molecule has 1 aromatic heterocycles. The number of nitrogens with one attached hydrogen (secondary N) is 1. The predicted molar refractivity (Wildman–Crippen MR) is 105 cm³/mol. The molecule has 0 bridgehead atoms. The van der Waals surface area contributed by atoms with Gasteiger partial charge in [-0.3, -0.25) is 14.6 Å². The Morgan fingerprint density at radius 3 is 2.59 bits per heavy atom. The first-order chi connectivity index (χ1) is 13.8. The van der Waals surface area contributed by atoms with E-state index in [0.29, 0.717) is 22.4 Å². The zero-order valence-electron chi connectivity index (χ0n) is 16.7. The molecule has 2 atom stereocenters. The van der Waals surface area contributed by atoms with Gasteiger partial charge in [-0.2, -0.15) is 13.2 Å². The molecule has 2 aliphatic rings. The molecule has 0 fully saturated rings. The maximum Gasteiger partial charge on any atom is 0.414 e. The summed E-state index contributed by atoms with van der Waals surface area (Å²) >= 11 is 0. The number of hydrogen-bond acceptors (Lipinski definition) is 4. The molecule has 0 radical (unpaired) electrons. The number of aliphatic imine (C=N–C) groups is 1. The van der Waals surface area contributed by atoms with Crippen LogP contribution in [0.3, 0.4) is 0 Å². The number of allylic oxidation sites excluding steroid dienone is 6. The summed E-state index contributed by atoms with van der Waals surface area (Å²) in [4.78, 5) is 15.9. The average molecular weight is 411 g/mol. The average Bonchev–Trinajstić information content (AvgIpc) is 2.92. The minimum Gasteiger partial charge on any atom is -0.498 e.